The molecule has 0 aliphatic heterocycles. The topological polar surface area (TPSA) is 152 Å². The van der Waals surface area contributed by atoms with Crippen LogP contribution in [0, 0.1) is 29.1 Å². The van der Waals surface area contributed by atoms with Crippen molar-refractivity contribution in [3.05, 3.63) is 60.2 Å². The number of aliphatic hydroxyl groups is 1. The van der Waals surface area contributed by atoms with Gasteiger partial charge in [0.25, 0.3) is 0 Å². The van der Waals surface area contributed by atoms with Crippen LogP contribution in [0.15, 0.2) is 54.6 Å². The second-order valence-electron chi connectivity index (χ2n) is 14.1. The molecule has 2 aliphatic carbocycles. The molecule has 48 heavy (non-hydrogen) atoms. The molecular weight excluding hydrogens is 620 g/mol. The standard InChI is InChI=1S/C37H50O11/c1-20(2)19-44-31-23(5)30(45-24(6)38)28-29(48-35(42)27-14-12-11-13-15-27)22(4)18-37(28,43)33(41)21(3)16-17-36(9,10)34(47-26(8)40)32(31)46-25(7)39/h11-17,20-22,28-32,34,43H,5,18-19H2,1-4,6-10H3/b17-16+/t21-,22-,28+,29-,30-,31-,32+,34+,37+/m0/s1. The molecule has 3 rings (SSSR count). The van der Waals surface area contributed by atoms with E-state index in [0.29, 0.717) is 0 Å². The Balaban J connectivity index is 2.36. The molecule has 9 atom stereocenters. The molecule has 0 radical (unpaired) electrons. The summed E-state index contributed by atoms with van der Waals surface area (Å²) >= 11 is 0. The molecule has 0 bridgehead atoms. The molecule has 1 aromatic rings. The smallest absolute Gasteiger partial charge is 0.338 e. The molecule has 0 unspecified atom stereocenters. The number of ether oxygens (including phenoxy) is 5. The zero-order chi connectivity index (χ0) is 36.1. The second kappa shape index (κ2) is 15.6. The number of Topliss-reactive ketones (excluding diaryl/α,β-unsaturated/α-hetero) is 1. The minimum atomic E-state index is -2.16. The highest BCUT2D eigenvalue weighted by Gasteiger charge is 2.63. The first-order chi connectivity index (χ1) is 22.3. The van der Waals surface area contributed by atoms with Gasteiger partial charge in [-0.1, -0.05) is 78.5 Å². The van der Waals surface area contributed by atoms with Crippen LogP contribution in [-0.2, 0) is 42.9 Å². The fourth-order valence-corrected chi connectivity index (χ4v) is 6.70. The summed E-state index contributed by atoms with van der Waals surface area (Å²) in [7, 11) is 0. The maximum Gasteiger partial charge on any atom is 0.338 e. The van der Waals surface area contributed by atoms with Gasteiger partial charge in [0.15, 0.2) is 11.9 Å². The predicted molar refractivity (Wildman–Crippen MR) is 175 cm³/mol. The predicted octanol–water partition coefficient (Wildman–Crippen LogP) is 4.79. The molecule has 2 aliphatic rings. The van der Waals surface area contributed by atoms with E-state index in [0.717, 1.165) is 6.92 Å². The number of esters is 4. The summed E-state index contributed by atoms with van der Waals surface area (Å²) in [4.78, 5) is 65.7. The van der Waals surface area contributed by atoms with E-state index < -0.39 is 89.0 Å². The number of carbonyl (C=O) groups excluding carboxylic acids is 5. The van der Waals surface area contributed by atoms with Gasteiger partial charge in [0.1, 0.15) is 30.0 Å². The van der Waals surface area contributed by atoms with Crippen molar-refractivity contribution in [3.63, 3.8) is 0 Å². The summed E-state index contributed by atoms with van der Waals surface area (Å²) in [5.74, 6) is -6.27. The van der Waals surface area contributed by atoms with Gasteiger partial charge in [0, 0.05) is 38.7 Å². The minimum absolute atomic E-state index is 0.0216. The van der Waals surface area contributed by atoms with Crippen molar-refractivity contribution in [2.45, 2.75) is 105 Å². The van der Waals surface area contributed by atoms with Gasteiger partial charge in [-0.2, -0.15) is 0 Å². The quantitative estimate of drug-likeness (QED) is 0.231. The third-order valence-corrected chi connectivity index (χ3v) is 8.89. The maximum atomic E-state index is 14.3. The normalized spacial score (nSPS) is 32.6. The Labute approximate surface area is 283 Å². The third kappa shape index (κ3) is 8.79. The largest absolute Gasteiger partial charge is 0.458 e. The third-order valence-electron chi connectivity index (χ3n) is 8.89. The summed E-state index contributed by atoms with van der Waals surface area (Å²) in [6, 6.07) is 8.25. The van der Waals surface area contributed by atoms with Crippen LogP contribution in [0.25, 0.3) is 0 Å². The lowest BCUT2D eigenvalue weighted by atomic mass is 9.72. The van der Waals surface area contributed by atoms with Crippen molar-refractivity contribution in [1.82, 2.24) is 0 Å². The average Bonchev–Trinajstić information content (AvgIpc) is 3.25. The Morgan fingerprint density at radius 1 is 0.896 bits per heavy atom. The van der Waals surface area contributed by atoms with Crippen molar-refractivity contribution in [3.8, 4) is 0 Å². The van der Waals surface area contributed by atoms with Gasteiger partial charge in [-0.25, -0.2) is 4.79 Å². The number of fused-ring (bicyclic) bond motifs is 1. The van der Waals surface area contributed by atoms with Crippen molar-refractivity contribution < 1.29 is 52.8 Å². The highest BCUT2D eigenvalue weighted by atomic mass is 16.6. The fourth-order valence-electron chi connectivity index (χ4n) is 6.70. The van der Waals surface area contributed by atoms with Gasteiger partial charge in [0.2, 0.25) is 0 Å². The monoisotopic (exact) mass is 670 g/mol. The number of carbonyl (C=O) groups is 5. The molecule has 1 aromatic carbocycles. The van der Waals surface area contributed by atoms with Gasteiger partial charge < -0.3 is 28.8 Å². The van der Waals surface area contributed by atoms with E-state index in [4.69, 9.17) is 23.7 Å². The average molecular weight is 671 g/mol. The number of benzene rings is 1. The molecule has 264 valence electrons. The summed E-state index contributed by atoms with van der Waals surface area (Å²) in [5.41, 5.74) is -2.95. The van der Waals surface area contributed by atoms with Crippen molar-refractivity contribution >= 4 is 29.7 Å². The van der Waals surface area contributed by atoms with E-state index >= 15 is 0 Å². The molecule has 0 spiro atoms. The van der Waals surface area contributed by atoms with E-state index in [1.54, 1.807) is 70.2 Å². The number of hydrogen-bond acceptors (Lipinski definition) is 11. The molecule has 0 aromatic heterocycles. The van der Waals surface area contributed by atoms with Crippen LogP contribution < -0.4 is 0 Å². The van der Waals surface area contributed by atoms with Crippen LogP contribution >= 0.6 is 0 Å². The molecule has 11 nitrogen and oxygen atoms in total. The van der Waals surface area contributed by atoms with E-state index in [1.165, 1.54) is 13.8 Å². The van der Waals surface area contributed by atoms with Crippen molar-refractivity contribution in [2.75, 3.05) is 6.61 Å². The Hall–Kier alpha value is -3.83. The Kier molecular flexibility index (Phi) is 12.5. The van der Waals surface area contributed by atoms with E-state index in [9.17, 15) is 29.1 Å². The lowest BCUT2D eigenvalue weighted by molar-refractivity contribution is -0.189. The first-order valence-electron chi connectivity index (χ1n) is 16.3. The molecule has 0 saturated heterocycles. The number of allylic oxidation sites excluding steroid dienone is 1. The van der Waals surface area contributed by atoms with Crippen molar-refractivity contribution in [1.29, 1.82) is 0 Å². The fraction of sp³-hybridized carbons (Fsp3) is 0.595. The Bertz CT molecular complexity index is 1400. The first kappa shape index (κ1) is 38.6. The van der Waals surface area contributed by atoms with E-state index in [1.807, 2.05) is 13.8 Å². The minimum Gasteiger partial charge on any atom is -0.458 e. The van der Waals surface area contributed by atoms with Crippen LogP contribution in [0.5, 0.6) is 0 Å². The lowest BCUT2D eigenvalue weighted by Gasteiger charge is -2.44. The Morgan fingerprint density at radius 3 is 2.02 bits per heavy atom. The second-order valence-corrected chi connectivity index (χ2v) is 14.1. The molecular formula is C37H50O11. The molecule has 11 heteroatoms. The van der Waals surface area contributed by atoms with Gasteiger partial charge in [-0.3, -0.25) is 19.2 Å². The molecule has 1 N–H and O–H groups in total. The van der Waals surface area contributed by atoms with Crippen LogP contribution in [0.4, 0.5) is 0 Å². The van der Waals surface area contributed by atoms with Crippen molar-refractivity contribution in [2.24, 2.45) is 29.1 Å². The molecule has 1 fully saturated rings. The summed E-state index contributed by atoms with van der Waals surface area (Å²) in [6.07, 6.45) is -3.24. The van der Waals surface area contributed by atoms with Gasteiger partial charge in [-0.15, -0.1) is 0 Å². The van der Waals surface area contributed by atoms with Crippen LogP contribution in [-0.4, -0.2) is 77.5 Å². The zero-order valence-electron chi connectivity index (χ0n) is 29.4. The number of rotatable bonds is 8. The van der Waals surface area contributed by atoms with Gasteiger partial charge in [0.05, 0.1) is 11.5 Å². The van der Waals surface area contributed by atoms with Crippen LogP contribution in [0.1, 0.15) is 79.1 Å². The lowest BCUT2D eigenvalue weighted by Crippen LogP contribution is -2.57. The van der Waals surface area contributed by atoms with E-state index in [-0.39, 0.29) is 30.1 Å². The first-order valence-corrected chi connectivity index (χ1v) is 16.3. The maximum absolute atomic E-state index is 14.3. The summed E-state index contributed by atoms with van der Waals surface area (Å²) < 4.78 is 30.0. The van der Waals surface area contributed by atoms with Crippen LogP contribution in [0.3, 0.4) is 0 Å². The highest BCUT2D eigenvalue weighted by molar-refractivity contribution is 5.92. The highest BCUT2D eigenvalue weighted by Crippen LogP contribution is 2.49. The zero-order valence-corrected chi connectivity index (χ0v) is 29.4. The molecule has 0 amide bonds. The van der Waals surface area contributed by atoms with E-state index in [2.05, 4.69) is 6.58 Å². The number of ketones is 1. The summed E-state index contributed by atoms with van der Waals surface area (Å²) in [6.45, 7) is 18.6. The van der Waals surface area contributed by atoms with Gasteiger partial charge >= 0.3 is 23.9 Å². The molecule has 1 saturated carbocycles. The van der Waals surface area contributed by atoms with Crippen LogP contribution in [0.2, 0.25) is 0 Å². The molecule has 0 heterocycles. The number of hydrogen-bond donors (Lipinski definition) is 1. The SMILES string of the molecule is C=C1[C@H](OCC(C)C)[C@@H](OC(C)=O)[C@@H](OC(C)=O)C(C)(C)/C=C/[C@H](C)C(=O)[C@@]2(O)C[C@H](C)[C@H](OC(=O)c3ccccc3)[C@@H]2[C@H]1OC(C)=O. The summed E-state index contributed by atoms with van der Waals surface area (Å²) in [5, 5.41) is 12.5. The Morgan fingerprint density at radius 2 is 1.48 bits per heavy atom. The van der Waals surface area contributed by atoms with Gasteiger partial charge in [-0.05, 0) is 36.0 Å².